The first-order valence-electron chi connectivity index (χ1n) is 8.45. The average molecular weight is 381 g/mol. The maximum absolute atomic E-state index is 13.9. The Morgan fingerprint density at radius 2 is 2.22 bits per heavy atom. The van der Waals surface area contributed by atoms with Crippen molar-refractivity contribution < 1.29 is 22.4 Å². The molecule has 10 heteroatoms. The third kappa shape index (κ3) is 4.09. The van der Waals surface area contributed by atoms with Crippen molar-refractivity contribution in [2.24, 2.45) is 0 Å². The van der Waals surface area contributed by atoms with Crippen molar-refractivity contribution in [1.82, 2.24) is 20.0 Å². The minimum absolute atomic E-state index is 0.0833. The second-order valence-electron chi connectivity index (χ2n) is 6.29. The van der Waals surface area contributed by atoms with Gasteiger partial charge >= 0.3 is 6.18 Å². The maximum Gasteiger partial charge on any atom is 0.404 e. The highest BCUT2D eigenvalue weighted by Gasteiger charge is 2.62. The molecule has 1 unspecified atom stereocenters. The van der Waals surface area contributed by atoms with E-state index in [1.165, 1.54) is 6.20 Å². The van der Waals surface area contributed by atoms with Gasteiger partial charge in [0, 0.05) is 31.0 Å². The molecule has 0 aliphatic carbocycles. The molecule has 144 valence electrons. The van der Waals surface area contributed by atoms with Gasteiger partial charge in [-0.15, -0.1) is 0 Å². The first-order valence-corrected chi connectivity index (χ1v) is 8.45. The summed E-state index contributed by atoms with van der Waals surface area (Å²) in [4.78, 5) is 9.60. The smallest absolute Gasteiger partial charge is 0.379 e. The summed E-state index contributed by atoms with van der Waals surface area (Å²) in [6.07, 6.45) is -1.42. The Morgan fingerprint density at radius 1 is 1.37 bits per heavy atom. The Kier molecular flexibility index (Phi) is 5.72. The van der Waals surface area contributed by atoms with E-state index < -0.39 is 17.5 Å². The van der Waals surface area contributed by atoms with Crippen LogP contribution in [-0.4, -0.2) is 59.0 Å². The summed E-state index contributed by atoms with van der Waals surface area (Å²) < 4.78 is 52.1. The van der Waals surface area contributed by atoms with Crippen LogP contribution in [0.4, 0.5) is 13.2 Å². The van der Waals surface area contributed by atoms with Gasteiger partial charge in [0.2, 0.25) is 11.7 Å². The fourth-order valence-corrected chi connectivity index (χ4v) is 3.05. The second kappa shape index (κ2) is 8.02. The second-order valence-corrected chi connectivity index (χ2v) is 6.29. The first kappa shape index (κ1) is 19.3. The number of nitrogens with zero attached hydrogens (tertiary/aromatic N) is 5. The Balaban J connectivity index is 1.74. The molecule has 0 saturated carbocycles. The van der Waals surface area contributed by atoms with Crippen LogP contribution in [0.5, 0.6) is 0 Å². The number of ether oxygens (including phenoxy) is 1. The average Bonchev–Trinajstić information content (AvgIpc) is 3.30. The van der Waals surface area contributed by atoms with Crippen LogP contribution in [0.15, 0.2) is 29.0 Å². The maximum atomic E-state index is 13.9. The molecule has 0 spiro atoms. The minimum atomic E-state index is -4.53. The third-order valence-corrected chi connectivity index (χ3v) is 4.56. The van der Waals surface area contributed by atoms with Gasteiger partial charge in [-0.25, -0.2) is 0 Å². The van der Waals surface area contributed by atoms with Crippen molar-refractivity contribution in [3.8, 4) is 17.5 Å². The number of alkyl halides is 3. The molecule has 1 aliphatic rings. The fraction of sp³-hybridized carbons (Fsp3) is 0.529. The molecule has 3 rings (SSSR count). The van der Waals surface area contributed by atoms with Crippen molar-refractivity contribution in [2.45, 2.75) is 24.4 Å². The van der Waals surface area contributed by atoms with Crippen molar-refractivity contribution in [3.63, 3.8) is 0 Å². The highest BCUT2D eigenvalue weighted by Crippen LogP contribution is 2.47. The van der Waals surface area contributed by atoms with Gasteiger partial charge in [0.15, 0.2) is 5.41 Å². The zero-order valence-electron chi connectivity index (χ0n) is 14.4. The predicted octanol–water partition coefficient (Wildman–Crippen LogP) is 2.57. The molecular formula is C17H18F3N5O2. The Bertz CT molecular complexity index is 790. The normalized spacial score (nSPS) is 20.7. The Hall–Kier alpha value is -2.51. The number of pyridine rings is 1. The Labute approximate surface area is 153 Å². The molecule has 0 amide bonds. The van der Waals surface area contributed by atoms with Crippen LogP contribution in [0.25, 0.3) is 11.4 Å². The van der Waals surface area contributed by atoms with Gasteiger partial charge in [0.25, 0.3) is 0 Å². The zero-order chi connectivity index (χ0) is 19.3. The predicted molar refractivity (Wildman–Crippen MR) is 87.4 cm³/mol. The van der Waals surface area contributed by atoms with Crippen LogP contribution in [0, 0.1) is 11.3 Å². The summed E-state index contributed by atoms with van der Waals surface area (Å²) in [7, 11) is 0. The number of rotatable bonds is 7. The summed E-state index contributed by atoms with van der Waals surface area (Å²) in [5.74, 6) is -0.346. The Morgan fingerprint density at radius 3 is 2.93 bits per heavy atom. The van der Waals surface area contributed by atoms with Gasteiger partial charge in [-0.05, 0) is 25.1 Å². The molecule has 1 saturated heterocycles. The SMILES string of the molecule is N#CCCOCCN1CCC(c2nc(-c3cccnc3)no2)(C(F)(F)F)C1. The summed E-state index contributed by atoms with van der Waals surface area (Å²) in [6, 6.07) is 5.25. The van der Waals surface area contributed by atoms with E-state index in [0.29, 0.717) is 12.1 Å². The quantitative estimate of drug-likeness (QED) is 0.681. The standard InChI is InChI=1S/C17H18F3N5O2/c18-17(19,20)16(4-7-25(12-16)8-10-26-9-2-5-21)15-23-14(24-27-15)13-3-1-6-22-11-13/h1,3,6,11H,2,4,7-10,12H2. The third-order valence-electron chi connectivity index (χ3n) is 4.56. The molecule has 0 bridgehead atoms. The lowest BCUT2D eigenvalue weighted by Crippen LogP contribution is -2.45. The number of nitriles is 1. The summed E-state index contributed by atoms with van der Waals surface area (Å²) in [5.41, 5.74) is -1.71. The van der Waals surface area contributed by atoms with Crippen LogP contribution < -0.4 is 0 Å². The van der Waals surface area contributed by atoms with Crippen LogP contribution >= 0.6 is 0 Å². The number of hydrogen-bond donors (Lipinski definition) is 0. The van der Waals surface area contributed by atoms with Crippen LogP contribution in [0.3, 0.4) is 0 Å². The number of halogens is 3. The van der Waals surface area contributed by atoms with Gasteiger partial charge in [0.1, 0.15) is 0 Å². The van der Waals surface area contributed by atoms with E-state index in [2.05, 4.69) is 15.1 Å². The molecule has 2 aromatic rings. The highest BCUT2D eigenvalue weighted by atomic mass is 19.4. The van der Waals surface area contributed by atoms with E-state index in [-0.39, 0.29) is 45.0 Å². The first-order chi connectivity index (χ1) is 13.0. The molecule has 2 aromatic heterocycles. The van der Waals surface area contributed by atoms with Crippen molar-refractivity contribution in [1.29, 1.82) is 5.26 Å². The van der Waals surface area contributed by atoms with Gasteiger partial charge in [-0.2, -0.15) is 23.4 Å². The lowest BCUT2D eigenvalue weighted by atomic mass is 9.86. The van der Waals surface area contributed by atoms with Gasteiger partial charge < -0.3 is 9.26 Å². The summed E-state index contributed by atoms with van der Waals surface area (Å²) >= 11 is 0. The summed E-state index contributed by atoms with van der Waals surface area (Å²) in [6.45, 7) is 0.846. The van der Waals surface area contributed by atoms with E-state index in [4.69, 9.17) is 14.5 Å². The van der Waals surface area contributed by atoms with Crippen LogP contribution in [0.1, 0.15) is 18.7 Å². The van der Waals surface area contributed by atoms with Gasteiger partial charge in [-0.1, -0.05) is 5.16 Å². The molecule has 0 radical (unpaired) electrons. The van der Waals surface area contributed by atoms with Crippen molar-refractivity contribution >= 4 is 0 Å². The number of likely N-dealkylation sites (tertiary alicyclic amines) is 1. The summed E-state index contributed by atoms with van der Waals surface area (Å²) in [5, 5.41) is 12.2. The molecule has 0 N–H and O–H groups in total. The molecule has 7 nitrogen and oxygen atoms in total. The molecular weight excluding hydrogens is 363 g/mol. The number of hydrogen-bond acceptors (Lipinski definition) is 7. The van der Waals surface area contributed by atoms with Gasteiger partial charge in [-0.3, -0.25) is 9.88 Å². The van der Waals surface area contributed by atoms with Crippen LogP contribution in [-0.2, 0) is 10.2 Å². The van der Waals surface area contributed by atoms with E-state index in [9.17, 15) is 13.2 Å². The topological polar surface area (TPSA) is 88.1 Å². The van der Waals surface area contributed by atoms with E-state index >= 15 is 0 Å². The monoisotopic (exact) mass is 381 g/mol. The van der Waals surface area contributed by atoms with Crippen molar-refractivity contribution in [2.75, 3.05) is 32.8 Å². The van der Waals surface area contributed by atoms with E-state index in [1.54, 1.807) is 23.2 Å². The molecule has 1 atom stereocenters. The molecule has 1 aliphatic heterocycles. The largest absolute Gasteiger partial charge is 0.404 e. The lowest BCUT2D eigenvalue weighted by Gasteiger charge is -2.28. The molecule has 1 fully saturated rings. The van der Waals surface area contributed by atoms with E-state index in [0.717, 1.165) is 0 Å². The number of aromatic nitrogens is 3. The lowest BCUT2D eigenvalue weighted by molar-refractivity contribution is -0.193. The molecule has 3 heterocycles. The fourth-order valence-electron chi connectivity index (χ4n) is 3.05. The van der Waals surface area contributed by atoms with Crippen molar-refractivity contribution in [3.05, 3.63) is 30.4 Å². The molecule has 0 aromatic carbocycles. The van der Waals surface area contributed by atoms with E-state index in [1.807, 2.05) is 6.07 Å². The highest BCUT2D eigenvalue weighted by molar-refractivity contribution is 5.52. The minimum Gasteiger partial charge on any atom is -0.379 e. The molecule has 27 heavy (non-hydrogen) atoms. The van der Waals surface area contributed by atoms with Crippen LogP contribution in [0.2, 0.25) is 0 Å². The van der Waals surface area contributed by atoms with Gasteiger partial charge in [0.05, 0.1) is 25.7 Å². The zero-order valence-corrected chi connectivity index (χ0v) is 14.4.